The molecule has 0 aliphatic carbocycles. The lowest BCUT2D eigenvalue weighted by Gasteiger charge is -2.17. The predicted octanol–water partition coefficient (Wildman–Crippen LogP) is 3.28. The number of fused-ring (bicyclic) bond motifs is 2. The summed E-state index contributed by atoms with van der Waals surface area (Å²) < 4.78 is 4.09. The minimum Gasteiger partial charge on any atom is -0.342 e. The number of likely N-dealkylation sites (N-methyl/N-ethyl adjacent to an activating group) is 2. The first-order valence-corrected chi connectivity index (χ1v) is 12.0. The summed E-state index contributed by atoms with van der Waals surface area (Å²) in [6, 6.07) is 15.7. The zero-order valence-electron chi connectivity index (χ0n) is 20.6. The predicted molar refractivity (Wildman–Crippen MR) is 135 cm³/mol. The Kier molecular flexibility index (Phi) is 4.73. The Bertz CT molecular complexity index is 1520. The Hall–Kier alpha value is -4.20. The van der Waals surface area contributed by atoms with Crippen molar-refractivity contribution in [1.82, 2.24) is 18.9 Å². The highest BCUT2D eigenvalue weighted by atomic mass is 16.2. The van der Waals surface area contributed by atoms with E-state index in [0.717, 1.165) is 44.3 Å². The normalized spacial score (nSPS) is 20.7. The van der Waals surface area contributed by atoms with Crippen molar-refractivity contribution in [2.24, 2.45) is 14.1 Å². The van der Waals surface area contributed by atoms with Crippen LogP contribution in [0.25, 0.3) is 33.2 Å². The van der Waals surface area contributed by atoms with Gasteiger partial charge >= 0.3 is 0 Å². The molecule has 2 aromatic carbocycles. The second-order valence-electron chi connectivity index (χ2n) is 9.77. The standard InChI is InChI=1S/C28H26N4O4/c1-29-19-11-7-5-9-15(19)23(17-13-21(33)31(3)27(17)35)25(29)26-24(18-14-22(34)32(4)28(18)36)16-10-6-8-12-20(16)30(26)2/h5-12,17-18H,13-14H2,1-4H3. The highest BCUT2D eigenvalue weighted by Gasteiger charge is 2.44. The van der Waals surface area contributed by atoms with Gasteiger partial charge in [-0.2, -0.15) is 0 Å². The summed E-state index contributed by atoms with van der Waals surface area (Å²) in [4.78, 5) is 54.1. The summed E-state index contributed by atoms with van der Waals surface area (Å²) in [5.74, 6) is -2.13. The summed E-state index contributed by atoms with van der Waals surface area (Å²) in [5, 5.41) is 1.80. The number of hydrogen-bond donors (Lipinski definition) is 0. The molecule has 8 heteroatoms. The number of aromatic nitrogens is 2. The van der Waals surface area contributed by atoms with Gasteiger partial charge in [-0.15, -0.1) is 0 Å². The van der Waals surface area contributed by atoms with E-state index in [-0.39, 0.29) is 36.5 Å². The van der Waals surface area contributed by atoms with Gasteiger partial charge < -0.3 is 9.13 Å². The Labute approximate surface area is 207 Å². The van der Waals surface area contributed by atoms with Gasteiger partial charge in [0.25, 0.3) is 0 Å². The molecule has 2 fully saturated rings. The molecule has 0 bridgehead atoms. The van der Waals surface area contributed by atoms with Gasteiger partial charge in [-0.3, -0.25) is 29.0 Å². The van der Waals surface area contributed by atoms with Crippen LogP contribution in [0.3, 0.4) is 0 Å². The van der Waals surface area contributed by atoms with E-state index in [0.29, 0.717) is 0 Å². The SMILES string of the molecule is CN1C(=O)CC(c2c(-c3c(C4CC(=O)N(C)C4=O)c4ccccc4n3C)n(C)c3ccccc23)C1=O. The van der Waals surface area contributed by atoms with Crippen LogP contribution in [0, 0.1) is 0 Å². The largest absolute Gasteiger partial charge is 0.342 e. The van der Waals surface area contributed by atoms with Crippen molar-refractivity contribution < 1.29 is 19.2 Å². The van der Waals surface area contributed by atoms with Crippen LogP contribution in [0.2, 0.25) is 0 Å². The number of aryl methyl sites for hydroxylation is 2. The molecule has 0 N–H and O–H groups in total. The topological polar surface area (TPSA) is 84.6 Å². The zero-order chi connectivity index (χ0) is 25.5. The van der Waals surface area contributed by atoms with Crippen LogP contribution in [-0.4, -0.2) is 56.7 Å². The highest BCUT2D eigenvalue weighted by molar-refractivity contribution is 6.12. The summed E-state index contributed by atoms with van der Waals surface area (Å²) in [6.45, 7) is 0. The molecule has 36 heavy (non-hydrogen) atoms. The number of amides is 4. The van der Waals surface area contributed by atoms with Gasteiger partial charge in [0.15, 0.2) is 0 Å². The van der Waals surface area contributed by atoms with Gasteiger partial charge in [0, 0.05) is 74.0 Å². The summed E-state index contributed by atoms with van der Waals surface area (Å²) in [5.41, 5.74) is 5.02. The van der Waals surface area contributed by atoms with Crippen molar-refractivity contribution >= 4 is 45.4 Å². The summed E-state index contributed by atoms with van der Waals surface area (Å²) in [7, 11) is 6.94. The first-order valence-electron chi connectivity index (χ1n) is 12.0. The van der Waals surface area contributed by atoms with E-state index < -0.39 is 11.8 Å². The molecule has 2 aliphatic rings. The molecule has 4 aromatic rings. The second-order valence-corrected chi connectivity index (χ2v) is 9.77. The fraction of sp³-hybridized carbons (Fsp3) is 0.286. The number of likely N-dealkylation sites (tertiary alicyclic amines) is 2. The Balaban J connectivity index is 1.73. The highest BCUT2D eigenvalue weighted by Crippen LogP contribution is 2.48. The molecular weight excluding hydrogens is 456 g/mol. The maximum absolute atomic E-state index is 13.3. The van der Waals surface area contributed by atoms with Gasteiger partial charge in [0.1, 0.15) is 0 Å². The molecule has 6 rings (SSSR count). The van der Waals surface area contributed by atoms with E-state index in [2.05, 4.69) is 0 Å². The molecule has 2 saturated heterocycles. The van der Waals surface area contributed by atoms with Crippen LogP contribution in [-0.2, 0) is 33.3 Å². The Morgan fingerprint density at radius 2 is 0.944 bits per heavy atom. The van der Waals surface area contributed by atoms with Crippen LogP contribution in [0.15, 0.2) is 48.5 Å². The van der Waals surface area contributed by atoms with Gasteiger partial charge in [-0.25, -0.2) is 0 Å². The fourth-order valence-corrected chi connectivity index (χ4v) is 6.09. The van der Waals surface area contributed by atoms with Crippen molar-refractivity contribution in [2.45, 2.75) is 24.7 Å². The molecule has 2 unspecified atom stereocenters. The maximum atomic E-state index is 13.3. The van der Waals surface area contributed by atoms with Gasteiger partial charge in [-0.1, -0.05) is 36.4 Å². The maximum Gasteiger partial charge on any atom is 0.237 e. The molecule has 2 aliphatic heterocycles. The number of para-hydroxylation sites is 2. The molecule has 2 aromatic heterocycles. The number of nitrogens with zero attached hydrogens (tertiary/aromatic N) is 4. The molecule has 2 atom stereocenters. The zero-order valence-corrected chi connectivity index (χ0v) is 20.6. The average Bonchev–Trinajstić information content (AvgIpc) is 3.51. The molecule has 4 amide bonds. The lowest BCUT2D eigenvalue weighted by molar-refractivity contribution is -0.138. The van der Waals surface area contributed by atoms with Crippen LogP contribution in [0.1, 0.15) is 35.8 Å². The van der Waals surface area contributed by atoms with E-state index in [1.54, 1.807) is 0 Å². The summed E-state index contributed by atoms with van der Waals surface area (Å²) >= 11 is 0. The third kappa shape index (κ3) is 2.81. The minimum atomic E-state index is -0.627. The minimum absolute atomic E-state index is 0.0964. The van der Waals surface area contributed by atoms with Crippen molar-refractivity contribution in [1.29, 1.82) is 0 Å². The lowest BCUT2D eigenvalue weighted by Crippen LogP contribution is -2.25. The van der Waals surface area contributed by atoms with E-state index in [4.69, 9.17) is 0 Å². The van der Waals surface area contributed by atoms with Crippen LogP contribution in [0.5, 0.6) is 0 Å². The quantitative estimate of drug-likeness (QED) is 0.420. The molecule has 182 valence electrons. The monoisotopic (exact) mass is 482 g/mol. The first-order chi connectivity index (χ1) is 17.2. The van der Waals surface area contributed by atoms with Gasteiger partial charge in [-0.05, 0) is 12.1 Å². The Morgan fingerprint density at radius 1 is 0.583 bits per heavy atom. The summed E-state index contributed by atoms with van der Waals surface area (Å²) in [6.07, 6.45) is 0.193. The van der Waals surface area contributed by atoms with Gasteiger partial charge in [0.05, 0.1) is 23.2 Å². The molecule has 0 spiro atoms. The Morgan fingerprint density at radius 3 is 1.28 bits per heavy atom. The van der Waals surface area contributed by atoms with E-state index >= 15 is 0 Å². The third-order valence-electron chi connectivity index (χ3n) is 7.98. The lowest BCUT2D eigenvalue weighted by atomic mass is 9.89. The smallest absolute Gasteiger partial charge is 0.237 e. The van der Waals surface area contributed by atoms with E-state index in [1.165, 1.54) is 23.9 Å². The number of benzene rings is 2. The fourth-order valence-electron chi connectivity index (χ4n) is 6.09. The van der Waals surface area contributed by atoms with Crippen molar-refractivity contribution in [3.8, 4) is 11.4 Å². The molecular formula is C28H26N4O4. The van der Waals surface area contributed by atoms with Crippen LogP contribution in [0.4, 0.5) is 0 Å². The van der Waals surface area contributed by atoms with Crippen molar-refractivity contribution in [3.63, 3.8) is 0 Å². The molecule has 4 heterocycles. The number of hydrogen-bond acceptors (Lipinski definition) is 4. The van der Waals surface area contributed by atoms with Gasteiger partial charge in [0.2, 0.25) is 23.6 Å². The second kappa shape index (κ2) is 7.65. The van der Waals surface area contributed by atoms with E-state index in [9.17, 15) is 19.2 Å². The average molecular weight is 483 g/mol. The van der Waals surface area contributed by atoms with Crippen LogP contribution >= 0.6 is 0 Å². The number of rotatable bonds is 3. The van der Waals surface area contributed by atoms with Crippen molar-refractivity contribution in [3.05, 3.63) is 59.7 Å². The van der Waals surface area contributed by atoms with Crippen LogP contribution < -0.4 is 0 Å². The number of imide groups is 2. The molecule has 8 nitrogen and oxygen atoms in total. The number of carbonyl (C=O) groups excluding carboxylic acids is 4. The molecule has 0 radical (unpaired) electrons. The van der Waals surface area contributed by atoms with E-state index in [1.807, 2.05) is 71.8 Å². The molecule has 0 saturated carbocycles. The third-order valence-corrected chi connectivity index (χ3v) is 7.98. The first kappa shape index (κ1) is 22.3. The van der Waals surface area contributed by atoms with Crippen molar-refractivity contribution in [2.75, 3.05) is 14.1 Å². The number of carbonyl (C=O) groups is 4.